The van der Waals surface area contributed by atoms with Gasteiger partial charge in [-0.2, -0.15) is 0 Å². The van der Waals surface area contributed by atoms with Gasteiger partial charge in [0, 0.05) is 0 Å². The first kappa shape index (κ1) is 28.2. The lowest BCUT2D eigenvalue weighted by atomic mass is 9.96. The number of nitrogens with one attached hydrogen (secondary N) is 2. The van der Waals surface area contributed by atoms with E-state index in [2.05, 4.69) is 10.6 Å². The van der Waals surface area contributed by atoms with Crippen LogP contribution in [0.25, 0.3) is 0 Å². The van der Waals surface area contributed by atoms with Crippen LogP contribution in [0, 0.1) is 11.8 Å². The van der Waals surface area contributed by atoms with Crippen LogP contribution in [0.15, 0.2) is 0 Å². The summed E-state index contributed by atoms with van der Waals surface area (Å²) in [5.41, 5.74) is -1.35. The Hall–Kier alpha value is -1.83. The Kier molecular flexibility index (Phi) is 10.8. The summed E-state index contributed by atoms with van der Waals surface area (Å²) in [7, 11) is 0. The summed E-state index contributed by atoms with van der Waals surface area (Å²) in [6.45, 7) is 18.0. The van der Waals surface area contributed by atoms with Crippen molar-refractivity contribution in [2.45, 2.75) is 111 Å². The van der Waals surface area contributed by atoms with Gasteiger partial charge < -0.3 is 25.2 Å². The Labute approximate surface area is 181 Å². The molecule has 0 saturated carbocycles. The van der Waals surface area contributed by atoms with Gasteiger partial charge in [0.05, 0.1) is 18.6 Å². The molecule has 0 aliphatic rings. The van der Waals surface area contributed by atoms with Crippen molar-refractivity contribution in [2.75, 3.05) is 0 Å². The minimum Gasteiger partial charge on any atom is -0.458 e. The zero-order valence-corrected chi connectivity index (χ0v) is 20.3. The normalized spacial score (nSPS) is 15.4. The maximum atomic E-state index is 12.5. The highest BCUT2D eigenvalue weighted by Gasteiger charge is 2.31. The lowest BCUT2D eigenvalue weighted by molar-refractivity contribution is -0.160. The van der Waals surface area contributed by atoms with E-state index in [-0.39, 0.29) is 18.3 Å². The average molecular weight is 431 g/mol. The van der Waals surface area contributed by atoms with Gasteiger partial charge in [0.2, 0.25) is 5.91 Å². The van der Waals surface area contributed by atoms with Crippen molar-refractivity contribution in [2.24, 2.45) is 11.8 Å². The molecule has 3 N–H and O–H groups in total. The molecular formula is C22H42N2O6. The molecule has 0 saturated heterocycles. The second kappa shape index (κ2) is 11.5. The first-order chi connectivity index (χ1) is 13.4. The van der Waals surface area contributed by atoms with Crippen molar-refractivity contribution >= 4 is 18.0 Å². The van der Waals surface area contributed by atoms with E-state index < -0.39 is 47.4 Å². The zero-order chi connectivity index (χ0) is 23.9. The third-order valence-electron chi connectivity index (χ3n) is 3.93. The third-order valence-corrected chi connectivity index (χ3v) is 3.93. The summed E-state index contributed by atoms with van der Waals surface area (Å²) >= 11 is 0. The van der Waals surface area contributed by atoms with Crippen molar-refractivity contribution in [3.63, 3.8) is 0 Å². The average Bonchev–Trinajstić information content (AvgIpc) is 2.47. The number of aliphatic hydroxyl groups excluding tert-OH is 1. The van der Waals surface area contributed by atoms with Crippen LogP contribution in [0.5, 0.6) is 0 Å². The van der Waals surface area contributed by atoms with Gasteiger partial charge in [0.25, 0.3) is 0 Å². The minimum atomic E-state index is -1.13. The van der Waals surface area contributed by atoms with E-state index in [1.165, 1.54) is 0 Å². The summed E-state index contributed by atoms with van der Waals surface area (Å²) in [4.78, 5) is 37.1. The molecule has 8 heteroatoms. The first-order valence-corrected chi connectivity index (χ1v) is 10.6. The maximum absolute atomic E-state index is 12.5. The smallest absolute Gasteiger partial charge is 0.407 e. The summed E-state index contributed by atoms with van der Waals surface area (Å²) in [6.07, 6.45) is -1.58. The molecule has 0 heterocycles. The van der Waals surface area contributed by atoms with E-state index in [4.69, 9.17) is 9.47 Å². The summed E-state index contributed by atoms with van der Waals surface area (Å²) < 4.78 is 10.6. The van der Waals surface area contributed by atoms with Gasteiger partial charge in [0.15, 0.2) is 0 Å². The van der Waals surface area contributed by atoms with Crippen molar-refractivity contribution in [3.8, 4) is 0 Å². The fourth-order valence-electron chi connectivity index (χ4n) is 2.71. The quantitative estimate of drug-likeness (QED) is 0.484. The molecule has 0 aromatic rings. The Morgan fingerprint density at radius 1 is 0.867 bits per heavy atom. The molecule has 0 unspecified atom stereocenters. The van der Waals surface area contributed by atoms with Crippen LogP contribution in [-0.4, -0.2) is 52.5 Å². The summed E-state index contributed by atoms with van der Waals surface area (Å²) in [6, 6.07) is -1.49. The molecule has 0 spiro atoms. The molecule has 3 atom stereocenters. The van der Waals surface area contributed by atoms with Crippen molar-refractivity contribution in [1.29, 1.82) is 0 Å². The van der Waals surface area contributed by atoms with E-state index in [0.29, 0.717) is 6.42 Å². The molecule has 0 rings (SSSR count). The maximum Gasteiger partial charge on any atom is 0.407 e. The van der Waals surface area contributed by atoms with Crippen LogP contribution < -0.4 is 10.6 Å². The number of alkyl carbamates (subject to hydrolysis) is 1. The van der Waals surface area contributed by atoms with Gasteiger partial charge in [-0.15, -0.1) is 0 Å². The number of carbonyl (C=O) groups is 3. The molecular weight excluding hydrogens is 388 g/mol. The first-order valence-electron chi connectivity index (χ1n) is 10.6. The summed E-state index contributed by atoms with van der Waals surface area (Å²) in [5, 5.41) is 15.9. The van der Waals surface area contributed by atoms with Gasteiger partial charge in [-0.1, -0.05) is 27.7 Å². The Morgan fingerprint density at radius 2 is 1.37 bits per heavy atom. The van der Waals surface area contributed by atoms with Crippen LogP contribution >= 0.6 is 0 Å². The van der Waals surface area contributed by atoms with Crippen molar-refractivity contribution in [1.82, 2.24) is 10.6 Å². The molecule has 0 aliphatic carbocycles. The number of esters is 1. The highest BCUT2D eigenvalue weighted by Crippen LogP contribution is 2.15. The molecule has 0 aromatic carbocycles. The number of ether oxygens (including phenoxy) is 2. The number of amides is 2. The number of aliphatic hydroxyl groups is 1. The predicted octanol–water partition coefficient (Wildman–Crippen LogP) is 3.16. The Bertz CT molecular complexity index is 575. The van der Waals surface area contributed by atoms with E-state index in [1.807, 2.05) is 13.8 Å². The summed E-state index contributed by atoms with van der Waals surface area (Å²) in [5.74, 6) is -1.03. The van der Waals surface area contributed by atoms with Crippen molar-refractivity contribution in [3.05, 3.63) is 0 Å². The van der Waals surface area contributed by atoms with Crippen molar-refractivity contribution < 1.29 is 29.0 Å². The number of hydrogen-bond acceptors (Lipinski definition) is 6. The molecule has 0 bridgehead atoms. The molecule has 0 aromatic heterocycles. The monoisotopic (exact) mass is 430 g/mol. The SMILES string of the molecule is CC(C)C[C@H](NC(=O)OC(C)(C)C)[C@@H](O)CC(=O)N[C@H](C(=O)OC(C)(C)C)C(C)C. The molecule has 176 valence electrons. The molecule has 0 aliphatic heterocycles. The molecule has 30 heavy (non-hydrogen) atoms. The van der Waals surface area contributed by atoms with E-state index in [0.717, 1.165) is 0 Å². The number of hydrogen-bond donors (Lipinski definition) is 3. The van der Waals surface area contributed by atoms with E-state index in [9.17, 15) is 19.5 Å². The molecule has 8 nitrogen and oxygen atoms in total. The predicted molar refractivity (Wildman–Crippen MR) is 116 cm³/mol. The second-order valence-corrected chi connectivity index (χ2v) is 10.5. The topological polar surface area (TPSA) is 114 Å². The highest BCUT2D eigenvalue weighted by molar-refractivity contribution is 5.85. The van der Waals surface area contributed by atoms with Crippen LogP contribution in [0.3, 0.4) is 0 Å². The number of rotatable bonds is 9. The van der Waals surface area contributed by atoms with Gasteiger partial charge in [-0.05, 0) is 59.8 Å². The van der Waals surface area contributed by atoms with Gasteiger partial charge in [0.1, 0.15) is 17.2 Å². The van der Waals surface area contributed by atoms with Gasteiger partial charge in [-0.25, -0.2) is 9.59 Å². The van der Waals surface area contributed by atoms with E-state index in [1.54, 1.807) is 55.4 Å². The van der Waals surface area contributed by atoms with Gasteiger partial charge in [-0.3, -0.25) is 4.79 Å². The fraction of sp³-hybridized carbons (Fsp3) is 0.864. The standard InChI is InChI=1S/C22H42N2O6/c1-13(2)11-15(23-20(28)30-22(8,9)10)16(25)12-17(26)24-18(14(3)4)19(27)29-21(5,6)7/h13-16,18,25H,11-12H2,1-10H3,(H,23,28)(H,24,26)/t15-,16-,18-/m0/s1. The van der Waals surface area contributed by atoms with Crippen LogP contribution in [0.2, 0.25) is 0 Å². The van der Waals surface area contributed by atoms with E-state index >= 15 is 0 Å². The second-order valence-electron chi connectivity index (χ2n) is 10.5. The Balaban J connectivity index is 5.10. The van der Waals surface area contributed by atoms with Gasteiger partial charge >= 0.3 is 12.1 Å². The molecule has 2 amide bonds. The molecule has 0 fully saturated rings. The lowest BCUT2D eigenvalue weighted by Gasteiger charge is -2.29. The van der Waals surface area contributed by atoms with Crippen LogP contribution in [0.4, 0.5) is 4.79 Å². The fourth-order valence-corrected chi connectivity index (χ4v) is 2.71. The largest absolute Gasteiger partial charge is 0.458 e. The lowest BCUT2D eigenvalue weighted by Crippen LogP contribution is -2.50. The van der Waals surface area contributed by atoms with Crippen LogP contribution in [0.1, 0.15) is 82.1 Å². The Morgan fingerprint density at radius 3 is 1.77 bits per heavy atom. The highest BCUT2D eigenvalue weighted by atomic mass is 16.6. The minimum absolute atomic E-state index is 0.174. The zero-order valence-electron chi connectivity index (χ0n) is 20.3. The van der Waals surface area contributed by atoms with Crippen LogP contribution in [-0.2, 0) is 19.1 Å². The third kappa shape index (κ3) is 12.7. The number of carbonyl (C=O) groups excluding carboxylic acids is 3. The molecule has 0 radical (unpaired) electrons.